The Morgan fingerprint density at radius 3 is 2.61 bits per heavy atom. The van der Waals surface area contributed by atoms with Gasteiger partial charge in [-0.3, -0.25) is 5.10 Å². The van der Waals surface area contributed by atoms with Crippen LogP contribution < -0.4 is 5.32 Å². The third-order valence-corrected chi connectivity index (χ3v) is 5.04. The molecule has 2 saturated carbocycles. The Bertz CT molecular complexity index is 357. The summed E-state index contributed by atoms with van der Waals surface area (Å²) in [6, 6.07) is 0.950. The van der Waals surface area contributed by atoms with Crippen molar-refractivity contribution in [2.75, 3.05) is 0 Å². The van der Waals surface area contributed by atoms with Gasteiger partial charge in [-0.05, 0) is 50.9 Å². The van der Waals surface area contributed by atoms with E-state index in [4.69, 9.17) is 0 Å². The van der Waals surface area contributed by atoms with Crippen LogP contribution in [-0.2, 0) is 0 Å². The molecule has 0 aliphatic heterocycles. The number of nitrogens with one attached hydrogen (secondary N) is 2. The van der Waals surface area contributed by atoms with Crippen molar-refractivity contribution in [3.63, 3.8) is 0 Å². The first-order chi connectivity index (χ1) is 8.77. The minimum atomic E-state index is 0.287. The SMILES string of the molecule is CC(NC1CCC2(CCCC2)CC1)c1ncn[nH]1. The van der Waals surface area contributed by atoms with E-state index in [-0.39, 0.29) is 6.04 Å². The van der Waals surface area contributed by atoms with Crippen LogP contribution in [-0.4, -0.2) is 21.2 Å². The van der Waals surface area contributed by atoms with Crippen molar-refractivity contribution in [3.05, 3.63) is 12.2 Å². The van der Waals surface area contributed by atoms with Crippen LogP contribution in [0.15, 0.2) is 6.33 Å². The van der Waals surface area contributed by atoms with E-state index in [1.165, 1.54) is 51.4 Å². The van der Waals surface area contributed by atoms with Crippen molar-refractivity contribution in [2.45, 2.75) is 70.4 Å². The lowest BCUT2D eigenvalue weighted by Crippen LogP contribution is -2.38. The Kier molecular flexibility index (Phi) is 3.37. The molecule has 4 heteroatoms. The van der Waals surface area contributed by atoms with E-state index in [0.29, 0.717) is 6.04 Å². The number of hydrogen-bond donors (Lipinski definition) is 2. The molecule has 2 N–H and O–H groups in total. The van der Waals surface area contributed by atoms with Crippen molar-refractivity contribution in [1.29, 1.82) is 0 Å². The predicted octanol–water partition coefficient (Wildman–Crippen LogP) is 2.96. The lowest BCUT2D eigenvalue weighted by atomic mass is 9.71. The van der Waals surface area contributed by atoms with Gasteiger partial charge in [0.15, 0.2) is 0 Å². The maximum absolute atomic E-state index is 4.22. The molecule has 18 heavy (non-hydrogen) atoms. The topological polar surface area (TPSA) is 53.6 Å². The molecule has 1 spiro atoms. The van der Waals surface area contributed by atoms with Crippen LogP contribution in [0.1, 0.15) is 70.2 Å². The molecule has 0 saturated heterocycles. The van der Waals surface area contributed by atoms with E-state index in [9.17, 15) is 0 Å². The molecule has 1 unspecified atom stereocenters. The van der Waals surface area contributed by atoms with Gasteiger partial charge in [0.25, 0.3) is 0 Å². The number of hydrogen-bond acceptors (Lipinski definition) is 3. The van der Waals surface area contributed by atoms with Crippen molar-refractivity contribution >= 4 is 0 Å². The van der Waals surface area contributed by atoms with Gasteiger partial charge in [0.2, 0.25) is 0 Å². The van der Waals surface area contributed by atoms with E-state index in [2.05, 4.69) is 27.4 Å². The molecule has 1 aromatic heterocycles. The summed E-state index contributed by atoms with van der Waals surface area (Å²) in [5.41, 5.74) is 0.730. The van der Waals surface area contributed by atoms with Crippen LogP contribution in [0.2, 0.25) is 0 Å². The normalized spacial score (nSPS) is 25.6. The summed E-state index contributed by atoms with van der Waals surface area (Å²) in [7, 11) is 0. The second-order valence-electron chi connectivity index (χ2n) is 6.24. The molecule has 2 aliphatic rings. The highest BCUT2D eigenvalue weighted by Crippen LogP contribution is 2.48. The molecule has 100 valence electrons. The fourth-order valence-electron chi connectivity index (χ4n) is 3.88. The van der Waals surface area contributed by atoms with Gasteiger partial charge >= 0.3 is 0 Å². The van der Waals surface area contributed by atoms with Crippen LogP contribution in [0.5, 0.6) is 0 Å². The van der Waals surface area contributed by atoms with Crippen LogP contribution >= 0.6 is 0 Å². The van der Waals surface area contributed by atoms with Gasteiger partial charge in [-0.25, -0.2) is 4.98 Å². The van der Waals surface area contributed by atoms with Crippen molar-refractivity contribution in [1.82, 2.24) is 20.5 Å². The zero-order chi connectivity index (χ0) is 12.4. The number of aromatic nitrogens is 3. The average Bonchev–Trinajstić information content (AvgIpc) is 3.04. The third kappa shape index (κ3) is 2.44. The summed E-state index contributed by atoms with van der Waals surface area (Å²) >= 11 is 0. The molecule has 0 aromatic carbocycles. The summed E-state index contributed by atoms with van der Waals surface area (Å²) in [5, 5.41) is 10.6. The van der Waals surface area contributed by atoms with Gasteiger partial charge in [-0.1, -0.05) is 12.8 Å². The minimum Gasteiger partial charge on any atom is -0.305 e. The first-order valence-electron chi connectivity index (χ1n) is 7.39. The fraction of sp³-hybridized carbons (Fsp3) is 0.857. The number of rotatable bonds is 3. The highest BCUT2D eigenvalue weighted by molar-refractivity contribution is 4.95. The van der Waals surface area contributed by atoms with Crippen LogP contribution in [0.4, 0.5) is 0 Å². The highest BCUT2D eigenvalue weighted by atomic mass is 15.2. The fourth-order valence-corrected chi connectivity index (χ4v) is 3.88. The second-order valence-corrected chi connectivity index (χ2v) is 6.24. The Balaban J connectivity index is 1.51. The molecule has 0 radical (unpaired) electrons. The maximum atomic E-state index is 4.22. The van der Waals surface area contributed by atoms with E-state index in [1.54, 1.807) is 6.33 Å². The number of H-pyrrole nitrogens is 1. The molecule has 1 atom stereocenters. The summed E-state index contributed by atoms with van der Waals surface area (Å²) < 4.78 is 0. The van der Waals surface area contributed by atoms with Gasteiger partial charge in [0.1, 0.15) is 12.2 Å². The van der Waals surface area contributed by atoms with Crippen molar-refractivity contribution in [3.8, 4) is 0 Å². The Morgan fingerprint density at radius 2 is 2.00 bits per heavy atom. The average molecular weight is 248 g/mol. The molecule has 0 amide bonds. The van der Waals surface area contributed by atoms with Crippen LogP contribution in [0, 0.1) is 5.41 Å². The molecule has 3 rings (SSSR count). The van der Waals surface area contributed by atoms with Gasteiger partial charge in [-0.2, -0.15) is 5.10 Å². The molecule has 4 nitrogen and oxygen atoms in total. The lowest BCUT2D eigenvalue weighted by molar-refractivity contribution is 0.163. The molecule has 2 aliphatic carbocycles. The largest absolute Gasteiger partial charge is 0.305 e. The van der Waals surface area contributed by atoms with Crippen molar-refractivity contribution < 1.29 is 0 Å². The van der Waals surface area contributed by atoms with Gasteiger partial charge in [0.05, 0.1) is 6.04 Å². The van der Waals surface area contributed by atoms with E-state index < -0.39 is 0 Å². The Morgan fingerprint density at radius 1 is 1.28 bits per heavy atom. The summed E-state index contributed by atoms with van der Waals surface area (Å²) in [5.74, 6) is 0.955. The lowest BCUT2D eigenvalue weighted by Gasteiger charge is -2.38. The van der Waals surface area contributed by atoms with Crippen molar-refractivity contribution in [2.24, 2.45) is 5.41 Å². The first kappa shape index (κ1) is 12.2. The van der Waals surface area contributed by atoms with Gasteiger partial charge in [-0.15, -0.1) is 0 Å². The monoisotopic (exact) mass is 248 g/mol. The zero-order valence-electron chi connectivity index (χ0n) is 11.3. The standard InChI is InChI=1S/C14H24N4/c1-11(13-15-10-16-18-13)17-12-4-8-14(9-5-12)6-2-3-7-14/h10-12,17H,2-9H2,1H3,(H,15,16,18). The molecule has 2 fully saturated rings. The Labute approximate surface area is 109 Å². The summed E-state index contributed by atoms with van der Waals surface area (Å²) in [6.07, 6.45) is 13.0. The quantitative estimate of drug-likeness (QED) is 0.864. The first-order valence-corrected chi connectivity index (χ1v) is 7.39. The summed E-state index contributed by atoms with van der Waals surface area (Å²) in [4.78, 5) is 4.22. The molecule has 1 heterocycles. The second kappa shape index (κ2) is 5.00. The molecule has 0 bridgehead atoms. The number of nitrogens with zero attached hydrogens (tertiary/aromatic N) is 2. The van der Waals surface area contributed by atoms with E-state index in [1.807, 2.05) is 0 Å². The summed E-state index contributed by atoms with van der Waals surface area (Å²) in [6.45, 7) is 2.17. The number of aromatic amines is 1. The molecular weight excluding hydrogens is 224 g/mol. The zero-order valence-corrected chi connectivity index (χ0v) is 11.3. The van der Waals surface area contributed by atoms with E-state index >= 15 is 0 Å². The van der Waals surface area contributed by atoms with Gasteiger partial charge in [0, 0.05) is 6.04 Å². The van der Waals surface area contributed by atoms with Crippen LogP contribution in [0.25, 0.3) is 0 Å². The maximum Gasteiger partial charge on any atom is 0.141 e. The highest BCUT2D eigenvalue weighted by Gasteiger charge is 2.37. The minimum absolute atomic E-state index is 0.287. The predicted molar refractivity (Wildman–Crippen MR) is 71.1 cm³/mol. The van der Waals surface area contributed by atoms with Crippen LogP contribution in [0.3, 0.4) is 0 Å². The Hall–Kier alpha value is -0.900. The van der Waals surface area contributed by atoms with Gasteiger partial charge < -0.3 is 5.32 Å². The molecular formula is C14H24N4. The van der Waals surface area contributed by atoms with E-state index in [0.717, 1.165) is 11.2 Å². The smallest absolute Gasteiger partial charge is 0.141 e. The third-order valence-electron chi connectivity index (χ3n) is 5.04. The molecule has 1 aromatic rings.